The number of nitrogens with one attached hydrogen (secondary N) is 1. The average Bonchev–Trinajstić information content (AvgIpc) is 2.61. The van der Waals surface area contributed by atoms with Crippen LogP contribution < -0.4 is 5.32 Å². The molecule has 132 valence electrons. The highest BCUT2D eigenvalue weighted by Crippen LogP contribution is 2.19. The first-order chi connectivity index (χ1) is 12.1. The van der Waals surface area contributed by atoms with Crippen LogP contribution in [0.3, 0.4) is 0 Å². The molecule has 5 heteroatoms. The summed E-state index contributed by atoms with van der Waals surface area (Å²) in [6, 6.07) is 11.9. The molecule has 0 bridgehead atoms. The van der Waals surface area contributed by atoms with Crippen molar-refractivity contribution in [1.82, 2.24) is 20.2 Å². The maximum absolute atomic E-state index is 13.1. The molecule has 0 radical (unpaired) electrons. The fourth-order valence-electron chi connectivity index (χ4n) is 3.31. The summed E-state index contributed by atoms with van der Waals surface area (Å²) in [7, 11) is 0. The number of amides is 1. The molecule has 0 aliphatic carbocycles. The Morgan fingerprint density at radius 3 is 2.00 bits per heavy atom. The van der Waals surface area contributed by atoms with E-state index in [2.05, 4.69) is 15.3 Å². The van der Waals surface area contributed by atoms with Crippen LogP contribution in [-0.4, -0.2) is 33.9 Å². The van der Waals surface area contributed by atoms with Crippen molar-refractivity contribution in [3.63, 3.8) is 0 Å². The Bertz CT molecular complexity index is 678. The molecule has 0 atom stereocenters. The Balaban J connectivity index is 1.80. The number of aromatic nitrogens is 2. The zero-order chi connectivity index (χ0) is 17.6. The Kier molecular flexibility index (Phi) is 5.76. The molecule has 1 aliphatic heterocycles. The minimum Gasteiger partial charge on any atom is -0.331 e. The molecule has 1 N–H and O–H groups in total. The second-order valence-corrected chi connectivity index (χ2v) is 6.76. The summed E-state index contributed by atoms with van der Waals surface area (Å²) in [4.78, 5) is 24.2. The molecular formula is C20H26N4O. The zero-order valence-electron chi connectivity index (χ0n) is 15.0. The fraction of sp³-hybridized carbons (Fsp3) is 0.450. The van der Waals surface area contributed by atoms with Crippen molar-refractivity contribution in [3.8, 4) is 0 Å². The first kappa shape index (κ1) is 17.5. The van der Waals surface area contributed by atoms with Gasteiger partial charge in [-0.3, -0.25) is 14.8 Å². The number of aryl methyl sites for hydroxylation is 2. The number of hydrogen-bond acceptors (Lipinski definition) is 4. The van der Waals surface area contributed by atoms with Gasteiger partial charge in [-0.2, -0.15) is 0 Å². The highest BCUT2D eigenvalue weighted by molar-refractivity contribution is 5.79. The molecule has 3 rings (SSSR count). The fourth-order valence-corrected chi connectivity index (χ4v) is 3.31. The minimum absolute atomic E-state index is 0.0934. The van der Waals surface area contributed by atoms with Gasteiger partial charge < -0.3 is 10.2 Å². The lowest BCUT2D eigenvalue weighted by Gasteiger charge is -2.29. The number of rotatable bonds is 5. The molecular weight excluding hydrogens is 312 g/mol. The minimum atomic E-state index is 0.0934. The van der Waals surface area contributed by atoms with Crippen LogP contribution in [0.25, 0.3) is 0 Å². The first-order valence-electron chi connectivity index (χ1n) is 8.96. The zero-order valence-corrected chi connectivity index (χ0v) is 15.0. The van der Waals surface area contributed by atoms with Crippen molar-refractivity contribution in [1.29, 1.82) is 0 Å². The van der Waals surface area contributed by atoms with Crippen molar-refractivity contribution >= 4 is 5.91 Å². The molecule has 3 heterocycles. The van der Waals surface area contributed by atoms with Crippen molar-refractivity contribution in [2.45, 2.75) is 39.8 Å². The number of carbonyl (C=O) groups excluding carboxylic acids is 1. The van der Waals surface area contributed by atoms with E-state index in [4.69, 9.17) is 0 Å². The maximum Gasteiger partial charge on any atom is 0.226 e. The van der Waals surface area contributed by atoms with E-state index >= 15 is 0 Å². The van der Waals surface area contributed by atoms with Gasteiger partial charge in [0.05, 0.1) is 24.5 Å². The number of nitrogens with zero attached hydrogens (tertiary/aromatic N) is 3. The van der Waals surface area contributed by atoms with E-state index in [0.717, 1.165) is 48.7 Å². The van der Waals surface area contributed by atoms with Crippen LogP contribution in [0.5, 0.6) is 0 Å². The molecule has 2 aromatic rings. The number of piperidine rings is 1. The van der Waals surface area contributed by atoms with E-state index in [-0.39, 0.29) is 11.8 Å². The summed E-state index contributed by atoms with van der Waals surface area (Å²) in [6.45, 7) is 6.83. The molecule has 1 fully saturated rings. The summed E-state index contributed by atoms with van der Waals surface area (Å²) in [5, 5.41) is 3.33. The number of pyridine rings is 2. The molecule has 1 saturated heterocycles. The van der Waals surface area contributed by atoms with Crippen molar-refractivity contribution < 1.29 is 4.79 Å². The van der Waals surface area contributed by atoms with Crippen molar-refractivity contribution in [2.24, 2.45) is 5.92 Å². The standard InChI is InChI=1S/C20H26N4O/c1-15-5-3-7-18(22-15)13-24(14-19-8-4-6-16(2)23-19)20(25)17-9-11-21-12-10-17/h3-8,17,21H,9-14H2,1-2H3. The quantitative estimate of drug-likeness (QED) is 0.910. The SMILES string of the molecule is Cc1cccc(CN(Cc2cccc(C)n2)C(=O)C2CCNCC2)n1. The van der Waals surface area contributed by atoms with Gasteiger partial charge in [0.1, 0.15) is 0 Å². The van der Waals surface area contributed by atoms with Crippen LogP contribution in [0.15, 0.2) is 36.4 Å². The molecule has 0 spiro atoms. The van der Waals surface area contributed by atoms with Crippen LogP contribution in [0.4, 0.5) is 0 Å². The van der Waals surface area contributed by atoms with Gasteiger partial charge in [-0.05, 0) is 64.0 Å². The maximum atomic E-state index is 13.1. The highest BCUT2D eigenvalue weighted by Gasteiger charge is 2.26. The van der Waals surface area contributed by atoms with E-state index in [1.165, 1.54) is 0 Å². The summed E-state index contributed by atoms with van der Waals surface area (Å²) in [5.41, 5.74) is 3.80. The van der Waals surface area contributed by atoms with E-state index < -0.39 is 0 Å². The van der Waals surface area contributed by atoms with Gasteiger partial charge in [0.2, 0.25) is 5.91 Å². The van der Waals surface area contributed by atoms with Crippen LogP contribution in [0, 0.1) is 19.8 Å². The predicted molar refractivity (Wildman–Crippen MR) is 97.8 cm³/mol. The smallest absolute Gasteiger partial charge is 0.226 e. The summed E-state index contributed by atoms with van der Waals surface area (Å²) in [5.74, 6) is 0.309. The molecule has 2 aromatic heterocycles. The topological polar surface area (TPSA) is 58.1 Å². The van der Waals surface area contributed by atoms with Gasteiger partial charge in [0.15, 0.2) is 0 Å². The van der Waals surface area contributed by atoms with E-state index in [0.29, 0.717) is 13.1 Å². The lowest BCUT2D eigenvalue weighted by atomic mass is 9.96. The molecule has 1 aliphatic rings. The summed E-state index contributed by atoms with van der Waals surface area (Å²) >= 11 is 0. The second-order valence-electron chi connectivity index (χ2n) is 6.76. The van der Waals surface area contributed by atoms with E-state index in [1.54, 1.807) is 0 Å². The van der Waals surface area contributed by atoms with Gasteiger partial charge in [-0.1, -0.05) is 12.1 Å². The largest absolute Gasteiger partial charge is 0.331 e. The summed E-state index contributed by atoms with van der Waals surface area (Å²) in [6.07, 6.45) is 1.80. The third-order valence-corrected chi connectivity index (χ3v) is 4.60. The van der Waals surface area contributed by atoms with Crippen molar-refractivity contribution in [2.75, 3.05) is 13.1 Å². The first-order valence-corrected chi connectivity index (χ1v) is 8.96. The Morgan fingerprint density at radius 2 is 1.52 bits per heavy atom. The number of hydrogen-bond donors (Lipinski definition) is 1. The highest BCUT2D eigenvalue weighted by atomic mass is 16.2. The Hall–Kier alpha value is -2.27. The van der Waals surface area contributed by atoms with Gasteiger partial charge in [0, 0.05) is 17.3 Å². The predicted octanol–water partition coefficient (Wildman–Crippen LogP) is 2.62. The average molecular weight is 338 g/mol. The molecule has 0 aromatic carbocycles. The Morgan fingerprint density at radius 1 is 1.00 bits per heavy atom. The van der Waals surface area contributed by atoms with Gasteiger partial charge in [-0.15, -0.1) is 0 Å². The second kappa shape index (κ2) is 8.21. The summed E-state index contributed by atoms with van der Waals surface area (Å²) < 4.78 is 0. The molecule has 0 saturated carbocycles. The van der Waals surface area contributed by atoms with Gasteiger partial charge in [0.25, 0.3) is 0 Å². The molecule has 1 amide bonds. The van der Waals surface area contributed by atoms with Crippen LogP contribution in [0.1, 0.15) is 35.6 Å². The normalized spacial score (nSPS) is 15.1. The van der Waals surface area contributed by atoms with Gasteiger partial charge in [-0.25, -0.2) is 0 Å². The monoisotopic (exact) mass is 338 g/mol. The van der Waals surface area contributed by atoms with Crippen molar-refractivity contribution in [3.05, 3.63) is 59.2 Å². The van der Waals surface area contributed by atoms with E-state index in [9.17, 15) is 4.79 Å². The number of carbonyl (C=O) groups is 1. The van der Waals surface area contributed by atoms with Crippen LogP contribution in [-0.2, 0) is 17.9 Å². The molecule has 0 unspecified atom stereocenters. The van der Waals surface area contributed by atoms with Crippen LogP contribution in [0.2, 0.25) is 0 Å². The van der Waals surface area contributed by atoms with Gasteiger partial charge >= 0.3 is 0 Å². The lowest BCUT2D eigenvalue weighted by Crippen LogP contribution is -2.40. The third kappa shape index (κ3) is 4.86. The molecule has 25 heavy (non-hydrogen) atoms. The Labute approximate surface area is 149 Å². The van der Waals surface area contributed by atoms with E-state index in [1.807, 2.05) is 55.1 Å². The molecule has 5 nitrogen and oxygen atoms in total. The lowest BCUT2D eigenvalue weighted by molar-refractivity contribution is -0.137. The van der Waals surface area contributed by atoms with Crippen LogP contribution >= 0.6 is 0 Å². The third-order valence-electron chi connectivity index (χ3n) is 4.60.